The molecule has 11 heteroatoms. The van der Waals surface area contributed by atoms with Gasteiger partial charge in [0.1, 0.15) is 11.6 Å². The Morgan fingerprint density at radius 1 is 1.00 bits per heavy atom. The van der Waals surface area contributed by atoms with Gasteiger partial charge < -0.3 is 14.4 Å². The second kappa shape index (κ2) is 9.24. The second-order valence-electron chi connectivity index (χ2n) is 8.76. The van der Waals surface area contributed by atoms with Crippen molar-refractivity contribution in [1.29, 1.82) is 0 Å². The number of nitrogens with zero attached hydrogens (tertiary/aromatic N) is 3. The van der Waals surface area contributed by atoms with Crippen molar-refractivity contribution in [1.82, 2.24) is 24.8 Å². The van der Waals surface area contributed by atoms with Crippen LogP contribution < -0.4 is 5.56 Å². The number of alkyl halides is 3. The first kappa shape index (κ1) is 23.6. The van der Waals surface area contributed by atoms with E-state index in [4.69, 9.17) is 4.42 Å². The van der Waals surface area contributed by atoms with Gasteiger partial charge in [0.25, 0.3) is 5.56 Å². The zero-order chi connectivity index (χ0) is 25.6. The third kappa shape index (κ3) is 4.92. The summed E-state index contributed by atoms with van der Waals surface area (Å²) in [4.78, 5) is 30.0. The van der Waals surface area contributed by atoms with Gasteiger partial charge in [-0.05, 0) is 48.2 Å². The number of benzene rings is 2. The van der Waals surface area contributed by atoms with Crippen molar-refractivity contribution in [2.45, 2.75) is 35.9 Å². The van der Waals surface area contributed by atoms with Crippen LogP contribution in [0.25, 0.3) is 22.4 Å². The Hall–Kier alpha value is -3.83. The molecule has 1 aliphatic heterocycles. The van der Waals surface area contributed by atoms with Crippen LogP contribution in [-0.4, -0.2) is 31.4 Å². The molecule has 37 heavy (non-hydrogen) atoms. The molecule has 1 aliphatic rings. The second-order valence-corrected chi connectivity index (χ2v) is 9.75. The molecule has 188 valence electrons. The highest BCUT2D eigenvalue weighted by Crippen LogP contribution is 2.31. The molecule has 0 unspecified atom stereocenters. The van der Waals surface area contributed by atoms with Gasteiger partial charge in [0.2, 0.25) is 0 Å². The summed E-state index contributed by atoms with van der Waals surface area (Å²) in [6, 6.07) is 16.2. The topological polar surface area (TPSA) is 90.8 Å². The largest absolute Gasteiger partial charge is 0.453 e. The molecule has 0 radical (unpaired) electrons. The summed E-state index contributed by atoms with van der Waals surface area (Å²) in [5, 5.41) is 1.46. The molecule has 6 rings (SSSR count). The number of nitrogens with one attached hydrogen (secondary N) is 2. The minimum absolute atomic E-state index is 0.268. The van der Waals surface area contributed by atoms with Crippen LogP contribution in [0.4, 0.5) is 13.2 Å². The van der Waals surface area contributed by atoms with Gasteiger partial charge in [-0.3, -0.25) is 9.69 Å². The maximum absolute atomic E-state index is 12.9. The maximum Gasteiger partial charge on any atom is 0.416 e. The van der Waals surface area contributed by atoms with Crippen molar-refractivity contribution in [2.75, 3.05) is 6.54 Å². The molecule has 2 N–H and O–H groups in total. The third-order valence-corrected chi connectivity index (χ3v) is 7.02. The fourth-order valence-electron chi connectivity index (χ4n) is 4.36. The molecular formula is C26H20F3N5O2S. The normalized spacial score (nSPS) is 14.2. The van der Waals surface area contributed by atoms with E-state index in [0.29, 0.717) is 48.0 Å². The number of rotatable bonds is 5. The summed E-state index contributed by atoms with van der Waals surface area (Å²) < 4.78 is 44.6. The summed E-state index contributed by atoms with van der Waals surface area (Å²) in [6.07, 6.45) is -3.87. The van der Waals surface area contributed by atoms with Crippen LogP contribution in [0.2, 0.25) is 0 Å². The molecule has 0 bridgehead atoms. The number of para-hydroxylation sites is 2. The van der Waals surface area contributed by atoms with Gasteiger partial charge >= 0.3 is 6.18 Å². The Bertz CT molecular complexity index is 1610. The summed E-state index contributed by atoms with van der Waals surface area (Å²) in [6.45, 7) is 1.60. The van der Waals surface area contributed by atoms with E-state index in [0.717, 1.165) is 34.1 Å². The molecule has 5 aromatic rings. The Labute approximate surface area is 212 Å². The van der Waals surface area contributed by atoms with Gasteiger partial charge in [0.05, 0.1) is 34.4 Å². The molecule has 0 aliphatic carbocycles. The Morgan fingerprint density at radius 3 is 2.59 bits per heavy atom. The van der Waals surface area contributed by atoms with E-state index in [9.17, 15) is 18.0 Å². The van der Waals surface area contributed by atoms with Crippen molar-refractivity contribution in [3.05, 3.63) is 93.6 Å². The number of halogens is 3. The van der Waals surface area contributed by atoms with Crippen LogP contribution in [0.5, 0.6) is 0 Å². The third-order valence-electron chi connectivity index (χ3n) is 6.21. The van der Waals surface area contributed by atoms with E-state index in [1.54, 1.807) is 0 Å². The predicted octanol–water partition coefficient (Wildman–Crippen LogP) is 5.63. The lowest BCUT2D eigenvalue weighted by molar-refractivity contribution is -0.137. The van der Waals surface area contributed by atoms with E-state index in [1.807, 2.05) is 36.4 Å². The summed E-state index contributed by atoms with van der Waals surface area (Å²) in [7, 11) is 0. The minimum atomic E-state index is -4.42. The molecule has 0 saturated carbocycles. The number of hydrogen-bond acceptors (Lipinski definition) is 6. The SMILES string of the molecule is O=c1[nH]c(-c2ccc(C(F)(F)F)cc2)nc2c1CN(Cc1ccc(Sc3nc4ccccc4[nH]3)o1)CC2. The summed E-state index contributed by atoms with van der Waals surface area (Å²) >= 11 is 1.41. The molecule has 7 nitrogen and oxygen atoms in total. The fourth-order valence-corrected chi connectivity index (χ4v) is 5.14. The molecule has 0 amide bonds. The van der Waals surface area contributed by atoms with Gasteiger partial charge in [0, 0.05) is 25.1 Å². The molecule has 0 spiro atoms. The van der Waals surface area contributed by atoms with Crippen molar-refractivity contribution >= 4 is 22.8 Å². The molecule has 3 aromatic heterocycles. The number of imidazole rings is 1. The quantitative estimate of drug-likeness (QED) is 0.310. The molecule has 4 heterocycles. The number of fused-ring (bicyclic) bond motifs is 2. The van der Waals surface area contributed by atoms with Crippen LogP contribution >= 0.6 is 11.8 Å². The van der Waals surface area contributed by atoms with Gasteiger partial charge in [-0.15, -0.1) is 0 Å². The number of H-pyrrole nitrogens is 2. The van der Waals surface area contributed by atoms with Crippen LogP contribution in [0.1, 0.15) is 22.6 Å². The zero-order valence-electron chi connectivity index (χ0n) is 19.3. The van der Waals surface area contributed by atoms with Crippen molar-refractivity contribution in [2.24, 2.45) is 0 Å². The Kier molecular flexibility index (Phi) is 5.88. The van der Waals surface area contributed by atoms with Crippen LogP contribution in [0.15, 0.2) is 80.1 Å². The van der Waals surface area contributed by atoms with Crippen molar-refractivity contribution < 1.29 is 17.6 Å². The van der Waals surface area contributed by atoms with E-state index in [1.165, 1.54) is 23.9 Å². The zero-order valence-corrected chi connectivity index (χ0v) is 20.1. The number of aromatic nitrogens is 4. The molecule has 0 atom stereocenters. The smallest absolute Gasteiger partial charge is 0.416 e. The highest BCUT2D eigenvalue weighted by Gasteiger charge is 2.30. The standard InChI is InChI=1S/C26H20F3N5O2S/c27-26(28,29)16-7-5-15(6-8-16)23-30-19-11-12-34(14-18(19)24(35)33-23)13-17-9-10-22(36-17)37-25-31-20-3-1-2-4-21(20)32-25/h1-10H,11-14H2,(H,31,32)(H,30,33,35). The highest BCUT2D eigenvalue weighted by molar-refractivity contribution is 7.99. The maximum atomic E-state index is 12.9. The molecule has 2 aromatic carbocycles. The molecule has 0 saturated heterocycles. The lowest BCUT2D eigenvalue weighted by Crippen LogP contribution is -2.35. The lowest BCUT2D eigenvalue weighted by Gasteiger charge is -2.26. The molecule has 0 fully saturated rings. The van der Waals surface area contributed by atoms with Crippen LogP contribution in [-0.2, 0) is 25.7 Å². The minimum Gasteiger partial charge on any atom is -0.453 e. The monoisotopic (exact) mass is 523 g/mol. The summed E-state index contributed by atoms with van der Waals surface area (Å²) in [5.41, 5.74) is 2.48. The highest BCUT2D eigenvalue weighted by atomic mass is 32.2. The van der Waals surface area contributed by atoms with Gasteiger partial charge in [-0.2, -0.15) is 13.2 Å². The van der Waals surface area contributed by atoms with E-state index >= 15 is 0 Å². The van der Waals surface area contributed by atoms with Crippen LogP contribution in [0.3, 0.4) is 0 Å². The Morgan fingerprint density at radius 2 is 1.81 bits per heavy atom. The van der Waals surface area contributed by atoms with Crippen molar-refractivity contribution in [3.8, 4) is 11.4 Å². The number of hydrogen-bond donors (Lipinski definition) is 2. The average molecular weight is 524 g/mol. The van der Waals surface area contributed by atoms with Gasteiger partial charge in [0.15, 0.2) is 10.2 Å². The molecular weight excluding hydrogens is 503 g/mol. The average Bonchev–Trinajstić information content (AvgIpc) is 3.50. The van der Waals surface area contributed by atoms with Crippen molar-refractivity contribution in [3.63, 3.8) is 0 Å². The van der Waals surface area contributed by atoms with E-state index < -0.39 is 11.7 Å². The predicted molar refractivity (Wildman–Crippen MR) is 132 cm³/mol. The number of furan rings is 1. The fraction of sp³-hybridized carbons (Fsp3) is 0.192. The first-order valence-electron chi connectivity index (χ1n) is 11.6. The van der Waals surface area contributed by atoms with Gasteiger partial charge in [-0.25, -0.2) is 9.97 Å². The summed E-state index contributed by atoms with van der Waals surface area (Å²) in [5.74, 6) is 1.04. The van der Waals surface area contributed by atoms with E-state index in [2.05, 4.69) is 24.8 Å². The van der Waals surface area contributed by atoms with Crippen LogP contribution in [0, 0.1) is 0 Å². The Balaban J connectivity index is 1.14. The van der Waals surface area contributed by atoms with Gasteiger partial charge in [-0.1, -0.05) is 24.3 Å². The number of aromatic amines is 2. The first-order chi connectivity index (χ1) is 17.8. The first-order valence-corrected chi connectivity index (χ1v) is 12.4. The lowest BCUT2D eigenvalue weighted by atomic mass is 10.1. The van der Waals surface area contributed by atoms with E-state index in [-0.39, 0.29) is 11.4 Å².